The number of carbonyl (C=O) groups excluding carboxylic acids is 1. The smallest absolute Gasteiger partial charge is 0.310 e. The summed E-state index contributed by atoms with van der Waals surface area (Å²) in [7, 11) is 1.43. The fourth-order valence-corrected chi connectivity index (χ4v) is 2.96. The average molecular weight is 257 g/mol. The van der Waals surface area contributed by atoms with Crippen LogP contribution in [-0.4, -0.2) is 18.1 Å². The van der Waals surface area contributed by atoms with Gasteiger partial charge in [-0.15, -0.1) is 0 Å². The van der Waals surface area contributed by atoms with E-state index >= 15 is 0 Å². The predicted octanol–water partition coefficient (Wildman–Crippen LogP) is 3.15. The molecule has 100 valence electrons. The molecule has 2 aromatic rings. The second-order valence-corrected chi connectivity index (χ2v) is 5.29. The van der Waals surface area contributed by atoms with Gasteiger partial charge in [0.15, 0.2) is 0 Å². The average Bonchev–Trinajstić information content (AvgIpc) is 2.66. The van der Waals surface area contributed by atoms with E-state index < -0.39 is 0 Å². The number of ether oxygens (including phenoxy) is 1. The molecular formula is C16H19NO2. The molecule has 0 saturated heterocycles. The molecule has 0 spiro atoms. The molecule has 0 saturated carbocycles. The van der Waals surface area contributed by atoms with E-state index in [4.69, 9.17) is 4.74 Å². The fraction of sp³-hybridized carbons (Fsp3) is 0.438. The van der Waals surface area contributed by atoms with Crippen LogP contribution in [0.4, 0.5) is 0 Å². The van der Waals surface area contributed by atoms with Crippen LogP contribution in [0.1, 0.15) is 36.0 Å². The lowest BCUT2D eigenvalue weighted by molar-refractivity contribution is -0.139. The summed E-state index contributed by atoms with van der Waals surface area (Å²) in [4.78, 5) is 14.7. The Hall–Kier alpha value is -1.77. The van der Waals surface area contributed by atoms with E-state index in [0.717, 1.165) is 17.5 Å². The van der Waals surface area contributed by atoms with Gasteiger partial charge >= 0.3 is 5.97 Å². The lowest BCUT2D eigenvalue weighted by Crippen LogP contribution is -2.03. The third kappa shape index (κ3) is 2.37. The first-order chi connectivity index (χ1) is 9.28. The van der Waals surface area contributed by atoms with Gasteiger partial charge in [-0.25, -0.2) is 0 Å². The number of rotatable bonds is 2. The number of esters is 1. The molecule has 3 heteroatoms. The van der Waals surface area contributed by atoms with E-state index in [2.05, 4.69) is 17.1 Å². The highest BCUT2D eigenvalue weighted by Crippen LogP contribution is 2.28. The molecule has 1 heterocycles. The van der Waals surface area contributed by atoms with Crippen LogP contribution >= 0.6 is 0 Å². The molecule has 19 heavy (non-hydrogen) atoms. The van der Waals surface area contributed by atoms with Crippen molar-refractivity contribution in [3.63, 3.8) is 0 Å². The van der Waals surface area contributed by atoms with E-state index in [1.165, 1.54) is 49.3 Å². The van der Waals surface area contributed by atoms with Crippen molar-refractivity contribution in [2.24, 2.45) is 0 Å². The van der Waals surface area contributed by atoms with Crippen molar-refractivity contribution >= 4 is 16.9 Å². The van der Waals surface area contributed by atoms with Gasteiger partial charge < -0.3 is 9.72 Å². The Balaban J connectivity index is 2.03. The molecule has 1 aromatic carbocycles. The van der Waals surface area contributed by atoms with E-state index in [1.54, 1.807) is 0 Å². The normalized spacial score (nSPS) is 15.0. The van der Waals surface area contributed by atoms with Crippen LogP contribution in [0.25, 0.3) is 10.9 Å². The van der Waals surface area contributed by atoms with Crippen molar-refractivity contribution < 1.29 is 9.53 Å². The van der Waals surface area contributed by atoms with Crippen LogP contribution in [0, 0.1) is 0 Å². The maximum Gasteiger partial charge on any atom is 0.310 e. The Morgan fingerprint density at radius 1 is 1.21 bits per heavy atom. The van der Waals surface area contributed by atoms with Gasteiger partial charge in [0.2, 0.25) is 0 Å². The van der Waals surface area contributed by atoms with E-state index in [-0.39, 0.29) is 5.97 Å². The van der Waals surface area contributed by atoms with Gasteiger partial charge in [0.25, 0.3) is 0 Å². The largest absolute Gasteiger partial charge is 0.469 e. The van der Waals surface area contributed by atoms with E-state index in [9.17, 15) is 4.79 Å². The quantitative estimate of drug-likeness (QED) is 0.663. The summed E-state index contributed by atoms with van der Waals surface area (Å²) < 4.78 is 4.75. The van der Waals surface area contributed by atoms with Gasteiger partial charge in [0.05, 0.1) is 13.5 Å². The van der Waals surface area contributed by atoms with E-state index in [0.29, 0.717) is 6.42 Å². The maximum absolute atomic E-state index is 11.4. The number of carbonyl (C=O) groups is 1. The first-order valence-corrected chi connectivity index (χ1v) is 6.96. The highest BCUT2D eigenvalue weighted by molar-refractivity contribution is 5.88. The second kappa shape index (κ2) is 5.08. The van der Waals surface area contributed by atoms with Crippen LogP contribution in [0.2, 0.25) is 0 Å². The lowest BCUT2D eigenvalue weighted by atomic mass is 9.99. The molecule has 1 N–H and O–H groups in total. The van der Waals surface area contributed by atoms with Gasteiger partial charge in [-0.1, -0.05) is 6.42 Å². The molecule has 0 radical (unpaired) electrons. The molecule has 0 atom stereocenters. The van der Waals surface area contributed by atoms with Gasteiger partial charge in [-0.3, -0.25) is 4.79 Å². The van der Waals surface area contributed by atoms with Crippen molar-refractivity contribution in [3.05, 3.63) is 35.0 Å². The summed E-state index contributed by atoms with van der Waals surface area (Å²) in [6.45, 7) is 0. The third-order valence-corrected chi connectivity index (χ3v) is 4.04. The zero-order valence-electron chi connectivity index (χ0n) is 11.3. The summed E-state index contributed by atoms with van der Waals surface area (Å²) >= 11 is 0. The summed E-state index contributed by atoms with van der Waals surface area (Å²) in [5, 5.41) is 1.17. The van der Waals surface area contributed by atoms with Crippen molar-refractivity contribution in [3.8, 4) is 0 Å². The number of methoxy groups -OCH3 is 1. The zero-order chi connectivity index (χ0) is 13.2. The second-order valence-electron chi connectivity index (χ2n) is 5.29. The molecular weight excluding hydrogens is 238 g/mol. The number of hydrogen-bond donors (Lipinski definition) is 1. The molecule has 1 aliphatic carbocycles. The fourth-order valence-electron chi connectivity index (χ4n) is 2.96. The molecule has 3 rings (SSSR count). The molecule has 0 amide bonds. The molecule has 0 fully saturated rings. The Labute approximate surface area is 113 Å². The van der Waals surface area contributed by atoms with Crippen LogP contribution < -0.4 is 0 Å². The van der Waals surface area contributed by atoms with Gasteiger partial charge in [-0.05, 0) is 54.5 Å². The number of aromatic amines is 1. The lowest BCUT2D eigenvalue weighted by Gasteiger charge is -2.06. The highest BCUT2D eigenvalue weighted by Gasteiger charge is 2.13. The molecule has 1 aromatic heterocycles. The van der Waals surface area contributed by atoms with Crippen molar-refractivity contribution in [1.82, 2.24) is 4.98 Å². The minimum Gasteiger partial charge on any atom is -0.469 e. The molecule has 0 unspecified atom stereocenters. The van der Waals surface area contributed by atoms with Crippen molar-refractivity contribution in [1.29, 1.82) is 0 Å². The number of nitrogens with one attached hydrogen (secondary N) is 1. The first kappa shape index (κ1) is 12.3. The minimum absolute atomic E-state index is 0.184. The number of benzene rings is 1. The molecule has 0 bridgehead atoms. The summed E-state index contributed by atoms with van der Waals surface area (Å²) in [6, 6.07) is 4.53. The zero-order valence-corrected chi connectivity index (χ0v) is 11.3. The number of hydrogen-bond acceptors (Lipinski definition) is 2. The van der Waals surface area contributed by atoms with Crippen molar-refractivity contribution in [2.75, 3.05) is 7.11 Å². The minimum atomic E-state index is -0.184. The first-order valence-electron chi connectivity index (χ1n) is 6.96. The van der Waals surface area contributed by atoms with Crippen LogP contribution in [0.15, 0.2) is 18.3 Å². The number of H-pyrrole nitrogens is 1. The molecule has 3 nitrogen and oxygen atoms in total. The highest BCUT2D eigenvalue weighted by atomic mass is 16.5. The van der Waals surface area contributed by atoms with Crippen molar-refractivity contribution in [2.45, 2.75) is 38.5 Å². The topological polar surface area (TPSA) is 42.1 Å². The Kier molecular flexibility index (Phi) is 3.28. The van der Waals surface area contributed by atoms with Gasteiger partial charge in [-0.2, -0.15) is 0 Å². The monoisotopic (exact) mass is 257 g/mol. The number of aryl methyl sites for hydroxylation is 2. The summed E-state index contributed by atoms with van der Waals surface area (Å²) in [6.07, 6.45) is 8.49. The predicted molar refractivity (Wildman–Crippen MR) is 75.3 cm³/mol. The molecule has 0 aliphatic heterocycles. The summed E-state index contributed by atoms with van der Waals surface area (Å²) in [5.74, 6) is -0.184. The van der Waals surface area contributed by atoms with Crippen LogP contribution in [-0.2, 0) is 28.8 Å². The van der Waals surface area contributed by atoms with Crippen LogP contribution in [0.3, 0.4) is 0 Å². The van der Waals surface area contributed by atoms with E-state index in [1.807, 2.05) is 6.20 Å². The molecule has 1 aliphatic rings. The SMILES string of the molecule is COC(=O)Cc1c[nH]c2cc3c(cc12)CCCCC3. The Bertz CT molecular complexity index is 612. The van der Waals surface area contributed by atoms with Gasteiger partial charge in [0, 0.05) is 17.1 Å². The standard InChI is InChI=1S/C16H19NO2/c1-19-16(18)9-13-10-17-15-8-12-6-4-2-3-5-11(12)7-14(13)15/h7-8,10,17H,2-6,9H2,1H3. The summed E-state index contributed by atoms with van der Waals surface area (Å²) in [5.41, 5.74) is 5.10. The maximum atomic E-state index is 11.4. The third-order valence-electron chi connectivity index (χ3n) is 4.04. The number of fused-ring (bicyclic) bond motifs is 2. The number of aromatic nitrogens is 1. The Morgan fingerprint density at radius 2 is 1.95 bits per heavy atom. The Morgan fingerprint density at radius 3 is 2.68 bits per heavy atom. The van der Waals surface area contributed by atoms with Gasteiger partial charge in [0.1, 0.15) is 0 Å². The van der Waals surface area contributed by atoms with Crippen LogP contribution in [0.5, 0.6) is 0 Å².